The number of nitrogens with two attached hydrogens (primary N) is 1. The molecule has 41 heavy (non-hydrogen) atoms. The van der Waals surface area contributed by atoms with E-state index in [1.54, 1.807) is 0 Å². The standard InChI is InChI=1S/C29H49NO11/c30-41-40-25-11-12-26(28(32)33)27(15-25)29(34)38-23-7-1-18(2-8-23)13-19-3-9-24(10-4-19)39-37-17-21-14-22(31)6-5-20(21)16-36-35/h18-27,31,35H,1-17,30H2,(H,32,33). The Morgan fingerprint density at radius 1 is 0.707 bits per heavy atom. The van der Waals surface area contributed by atoms with Crippen LogP contribution in [0.1, 0.15) is 96.3 Å². The largest absolute Gasteiger partial charge is 0.481 e. The van der Waals surface area contributed by atoms with Crippen LogP contribution >= 0.6 is 0 Å². The molecule has 0 saturated heterocycles. The van der Waals surface area contributed by atoms with Gasteiger partial charge in [-0.3, -0.25) is 14.8 Å². The Bertz CT molecular complexity index is 800. The molecule has 0 aromatic carbocycles. The van der Waals surface area contributed by atoms with Gasteiger partial charge in [0, 0.05) is 0 Å². The molecule has 0 aliphatic heterocycles. The SMILES string of the molecule is NOOC1CCC(C(=O)O)C(C(=O)OC2CCC(CC3CCC(OOCC4CC(O)CCC4COO)CC3)CC2)C1. The van der Waals surface area contributed by atoms with Gasteiger partial charge in [-0.05, 0) is 120 Å². The highest BCUT2D eigenvalue weighted by molar-refractivity contribution is 5.81. The minimum atomic E-state index is -0.986. The second-order valence-corrected chi connectivity index (χ2v) is 12.8. The smallest absolute Gasteiger partial charge is 0.310 e. The van der Waals surface area contributed by atoms with Gasteiger partial charge in [-0.15, -0.1) is 4.99 Å². The maximum atomic E-state index is 12.9. The Kier molecular flexibility index (Phi) is 13.1. The fourth-order valence-corrected chi connectivity index (χ4v) is 7.57. The van der Waals surface area contributed by atoms with E-state index in [1.165, 1.54) is 6.42 Å². The molecule has 6 atom stereocenters. The molecule has 0 bridgehead atoms. The summed E-state index contributed by atoms with van der Waals surface area (Å²) in [5.74, 6) is 3.53. The van der Waals surface area contributed by atoms with Gasteiger partial charge >= 0.3 is 11.9 Å². The minimum absolute atomic E-state index is 0.0817. The number of aliphatic hydroxyl groups excluding tert-OH is 1. The van der Waals surface area contributed by atoms with Crippen molar-refractivity contribution in [3.8, 4) is 0 Å². The normalized spacial score (nSPS) is 38.3. The number of ether oxygens (including phenoxy) is 1. The monoisotopic (exact) mass is 587 g/mol. The zero-order chi connectivity index (χ0) is 29.2. The van der Waals surface area contributed by atoms with E-state index >= 15 is 0 Å². The molecule has 6 unspecified atom stereocenters. The van der Waals surface area contributed by atoms with Gasteiger partial charge in [0.1, 0.15) is 6.10 Å². The van der Waals surface area contributed by atoms with Crippen molar-refractivity contribution in [2.24, 2.45) is 41.4 Å². The first kappa shape index (κ1) is 32.5. The number of carboxylic acids is 1. The summed E-state index contributed by atoms with van der Waals surface area (Å²) in [6.07, 6.45) is 11.2. The van der Waals surface area contributed by atoms with Crippen molar-refractivity contribution >= 4 is 11.9 Å². The Balaban J connectivity index is 1.11. The molecule has 4 aliphatic rings. The molecular formula is C29H49NO11. The molecule has 4 aliphatic carbocycles. The summed E-state index contributed by atoms with van der Waals surface area (Å²) in [5, 5.41) is 28.4. The molecule has 4 rings (SSSR count). The molecule has 12 nitrogen and oxygen atoms in total. The molecule has 0 heterocycles. The number of rotatable bonds is 13. The molecule has 0 aromatic heterocycles. The lowest BCUT2D eigenvalue weighted by molar-refractivity contribution is -0.340. The van der Waals surface area contributed by atoms with Crippen LogP contribution in [0, 0.1) is 35.5 Å². The van der Waals surface area contributed by atoms with Crippen LogP contribution < -0.4 is 5.90 Å². The molecule has 5 N–H and O–H groups in total. The van der Waals surface area contributed by atoms with Gasteiger partial charge in [-0.1, -0.05) is 0 Å². The molecule has 0 aromatic rings. The third kappa shape index (κ3) is 9.82. The molecule has 0 radical (unpaired) electrons. The highest BCUT2D eigenvalue weighted by Crippen LogP contribution is 2.39. The van der Waals surface area contributed by atoms with Crippen LogP contribution in [0.3, 0.4) is 0 Å². The fourth-order valence-electron chi connectivity index (χ4n) is 7.57. The molecule has 236 valence electrons. The van der Waals surface area contributed by atoms with Crippen molar-refractivity contribution < 1.29 is 54.3 Å². The van der Waals surface area contributed by atoms with E-state index in [9.17, 15) is 19.8 Å². The lowest BCUT2D eigenvalue weighted by atomic mass is 9.76. The summed E-state index contributed by atoms with van der Waals surface area (Å²) >= 11 is 0. The number of carbonyl (C=O) groups is 2. The van der Waals surface area contributed by atoms with Crippen molar-refractivity contribution in [3.63, 3.8) is 0 Å². The maximum Gasteiger partial charge on any atom is 0.310 e. The van der Waals surface area contributed by atoms with E-state index in [1.807, 2.05) is 0 Å². The van der Waals surface area contributed by atoms with Gasteiger partial charge in [0.25, 0.3) is 0 Å². The topological polar surface area (TPSA) is 176 Å². The number of carboxylic acid groups (broad SMARTS) is 1. The molecule has 4 saturated carbocycles. The number of aliphatic hydroxyl groups is 1. The first-order chi connectivity index (χ1) is 19.9. The van der Waals surface area contributed by atoms with Crippen molar-refractivity contribution in [2.45, 2.75) is 121 Å². The van der Waals surface area contributed by atoms with E-state index in [2.05, 4.69) is 9.88 Å². The average molecular weight is 588 g/mol. The lowest BCUT2D eigenvalue weighted by Crippen LogP contribution is -2.41. The van der Waals surface area contributed by atoms with Gasteiger partial charge in [0.05, 0.1) is 43.4 Å². The van der Waals surface area contributed by atoms with Crippen molar-refractivity contribution in [1.82, 2.24) is 0 Å². The number of esters is 1. The number of aliphatic carboxylic acids is 1. The zero-order valence-electron chi connectivity index (χ0n) is 24.0. The van der Waals surface area contributed by atoms with Crippen molar-refractivity contribution in [2.75, 3.05) is 13.2 Å². The summed E-state index contributed by atoms with van der Waals surface area (Å²) < 4.78 is 5.80. The maximum absolute atomic E-state index is 12.9. The van der Waals surface area contributed by atoms with Crippen LogP contribution in [0.5, 0.6) is 0 Å². The summed E-state index contributed by atoms with van der Waals surface area (Å²) in [6.45, 7) is 0.649. The second kappa shape index (κ2) is 16.5. The molecule has 0 spiro atoms. The highest BCUT2D eigenvalue weighted by atomic mass is 17.3. The number of hydrogen-bond donors (Lipinski definition) is 4. The predicted molar refractivity (Wildman–Crippen MR) is 143 cm³/mol. The van der Waals surface area contributed by atoms with E-state index < -0.39 is 29.9 Å². The quantitative estimate of drug-likeness (QED) is 0.139. The molecule has 4 fully saturated rings. The first-order valence-corrected chi connectivity index (χ1v) is 15.5. The summed E-state index contributed by atoms with van der Waals surface area (Å²) in [6, 6.07) is 0. The molecule has 12 heteroatoms. The predicted octanol–water partition coefficient (Wildman–Crippen LogP) is 3.94. The van der Waals surface area contributed by atoms with E-state index in [0.717, 1.165) is 64.2 Å². The Hall–Kier alpha value is -1.38. The second-order valence-electron chi connectivity index (χ2n) is 12.8. The Labute approximate surface area is 241 Å². The van der Waals surface area contributed by atoms with Gasteiger partial charge < -0.3 is 14.9 Å². The van der Waals surface area contributed by atoms with Crippen LogP contribution in [0.15, 0.2) is 0 Å². The number of hydrogen-bond acceptors (Lipinski definition) is 11. The minimum Gasteiger partial charge on any atom is -0.481 e. The van der Waals surface area contributed by atoms with E-state index in [-0.39, 0.29) is 43.2 Å². The van der Waals surface area contributed by atoms with Crippen LogP contribution in [-0.4, -0.2) is 65.0 Å². The highest BCUT2D eigenvalue weighted by Gasteiger charge is 2.42. The van der Waals surface area contributed by atoms with Crippen LogP contribution in [0.4, 0.5) is 0 Å². The van der Waals surface area contributed by atoms with Crippen LogP contribution in [-0.2, 0) is 38.9 Å². The number of carbonyl (C=O) groups excluding carboxylic acids is 1. The fraction of sp³-hybridized carbons (Fsp3) is 0.931. The Morgan fingerprint density at radius 2 is 1.37 bits per heavy atom. The third-order valence-electron chi connectivity index (χ3n) is 10.0. The van der Waals surface area contributed by atoms with E-state index in [0.29, 0.717) is 37.7 Å². The van der Waals surface area contributed by atoms with Gasteiger partial charge in [-0.25, -0.2) is 19.6 Å². The van der Waals surface area contributed by atoms with Gasteiger partial charge in [-0.2, -0.15) is 5.90 Å². The first-order valence-electron chi connectivity index (χ1n) is 15.5. The average Bonchev–Trinajstić information content (AvgIpc) is 2.96. The lowest BCUT2D eigenvalue weighted by Gasteiger charge is -2.35. The van der Waals surface area contributed by atoms with Gasteiger partial charge in [0.2, 0.25) is 0 Å². The molecular weight excluding hydrogens is 538 g/mol. The van der Waals surface area contributed by atoms with Crippen molar-refractivity contribution in [3.05, 3.63) is 0 Å². The third-order valence-corrected chi connectivity index (χ3v) is 10.0. The van der Waals surface area contributed by atoms with Crippen molar-refractivity contribution in [1.29, 1.82) is 0 Å². The zero-order valence-corrected chi connectivity index (χ0v) is 24.0. The summed E-state index contributed by atoms with van der Waals surface area (Å²) in [4.78, 5) is 49.6. The van der Waals surface area contributed by atoms with Crippen LogP contribution in [0.2, 0.25) is 0 Å². The summed E-state index contributed by atoms with van der Waals surface area (Å²) in [5.41, 5.74) is 0. The van der Waals surface area contributed by atoms with Crippen LogP contribution in [0.25, 0.3) is 0 Å². The van der Waals surface area contributed by atoms with E-state index in [4.69, 9.17) is 30.6 Å². The summed E-state index contributed by atoms with van der Waals surface area (Å²) in [7, 11) is 0. The Morgan fingerprint density at radius 3 is 2.00 bits per heavy atom. The van der Waals surface area contributed by atoms with Gasteiger partial charge in [0.15, 0.2) is 0 Å². The molecule has 0 amide bonds.